The quantitative estimate of drug-likeness (QED) is 0.125. The standard InChI is InChI=1S/C50H70O7/c1-9-42(51)56-33-47(6)39-22-25-49(8)40(46(39,5)24-23-41(47)57-43(52)34(2)54-31-35-16-12-10-13-17-35)21-20-37-38-30-45(3,4)26-28-50(38,29-27-48(37,49)7)44(53)55-32-36-18-14-11-15-19-36/h10,12-14,16-20,34,38-41H,9,11,15,21-33H2,1-8H3/t34-,38+,39?,40?,41+,46+,47+,48-,49-,50+/m1/s1. The van der Waals surface area contributed by atoms with Gasteiger partial charge < -0.3 is 18.9 Å². The lowest BCUT2D eigenvalue weighted by Crippen LogP contribution is -2.66. The van der Waals surface area contributed by atoms with Crippen molar-refractivity contribution in [3.63, 3.8) is 0 Å². The molecule has 1 aromatic rings. The van der Waals surface area contributed by atoms with Crippen LogP contribution in [-0.4, -0.2) is 43.3 Å². The molecule has 0 bridgehead atoms. The highest BCUT2D eigenvalue weighted by molar-refractivity contribution is 5.79. The SMILES string of the molecule is CCC(=O)OC[C@@]1(C)C2CC[C@]3(C)C(CC=C4[C@@H]5CC(C)(C)CC[C@]5(C(=O)OCC5=CCCC=C5)CC[C@]43C)[C@@]2(C)CC[C@@H]1OC(=O)[C@@H](C)OCc1ccccc1. The molecule has 0 aliphatic heterocycles. The van der Waals surface area contributed by atoms with Crippen molar-refractivity contribution in [2.75, 3.05) is 13.2 Å². The Bertz CT molecular complexity index is 1770. The van der Waals surface area contributed by atoms with E-state index in [1.165, 1.54) is 5.57 Å². The number of fused-ring (bicyclic) bond motifs is 7. The molecule has 1 aromatic carbocycles. The van der Waals surface area contributed by atoms with Crippen LogP contribution in [0.25, 0.3) is 0 Å². The van der Waals surface area contributed by atoms with Crippen LogP contribution in [0.1, 0.15) is 144 Å². The van der Waals surface area contributed by atoms with Crippen molar-refractivity contribution >= 4 is 17.9 Å². The Balaban J connectivity index is 1.16. The monoisotopic (exact) mass is 783 g/mol. The normalized spacial score (nSPS) is 38.5. The van der Waals surface area contributed by atoms with E-state index in [0.717, 1.165) is 81.8 Å². The van der Waals surface area contributed by atoms with Gasteiger partial charge in [0.15, 0.2) is 6.10 Å². The molecular formula is C50H70O7. The molecule has 7 rings (SSSR count). The molecule has 4 saturated carbocycles. The minimum atomic E-state index is -0.723. The number of hydrogen-bond donors (Lipinski definition) is 0. The molecule has 0 saturated heterocycles. The molecule has 0 N–H and O–H groups in total. The Labute approximate surface area is 342 Å². The van der Waals surface area contributed by atoms with E-state index < -0.39 is 23.0 Å². The van der Waals surface area contributed by atoms with E-state index in [2.05, 4.69) is 65.8 Å². The number of benzene rings is 1. The highest BCUT2D eigenvalue weighted by atomic mass is 16.6. The van der Waals surface area contributed by atoms with E-state index in [4.69, 9.17) is 18.9 Å². The molecule has 0 radical (unpaired) electrons. The van der Waals surface area contributed by atoms with Crippen LogP contribution in [0.2, 0.25) is 0 Å². The highest BCUT2D eigenvalue weighted by Gasteiger charge is 2.70. The summed E-state index contributed by atoms with van der Waals surface area (Å²) < 4.78 is 24.7. The smallest absolute Gasteiger partial charge is 0.335 e. The van der Waals surface area contributed by atoms with Gasteiger partial charge in [0, 0.05) is 11.8 Å². The van der Waals surface area contributed by atoms with Crippen molar-refractivity contribution in [1.29, 1.82) is 0 Å². The van der Waals surface area contributed by atoms with Crippen LogP contribution in [-0.2, 0) is 39.9 Å². The summed E-state index contributed by atoms with van der Waals surface area (Å²) in [6, 6.07) is 9.87. The maximum Gasteiger partial charge on any atom is 0.335 e. The Hall–Kier alpha value is -3.19. The Morgan fingerprint density at radius 3 is 2.30 bits per heavy atom. The summed E-state index contributed by atoms with van der Waals surface area (Å²) in [5.74, 6) is 0.179. The van der Waals surface area contributed by atoms with Crippen LogP contribution in [0, 0.1) is 50.2 Å². The third-order valence-corrected chi connectivity index (χ3v) is 17.0. The van der Waals surface area contributed by atoms with Crippen molar-refractivity contribution in [3.8, 4) is 0 Å². The van der Waals surface area contributed by atoms with E-state index in [1.807, 2.05) is 37.3 Å². The highest BCUT2D eigenvalue weighted by Crippen LogP contribution is 2.76. The van der Waals surface area contributed by atoms with Crippen LogP contribution in [0.4, 0.5) is 0 Å². The molecular weight excluding hydrogens is 713 g/mol. The zero-order valence-corrected chi connectivity index (χ0v) is 36.3. The van der Waals surface area contributed by atoms with Crippen molar-refractivity contribution in [1.82, 2.24) is 0 Å². The fraction of sp³-hybridized carbons (Fsp3) is 0.700. The number of carbonyl (C=O) groups is 3. The van der Waals surface area contributed by atoms with E-state index in [0.29, 0.717) is 32.0 Å². The van der Waals surface area contributed by atoms with Crippen LogP contribution in [0.15, 0.2) is 65.8 Å². The molecule has 0 amide bonds. The van der Waals surface area contributed by atoms with Crippen molar-refractivity contribution in [2.45, 2.75) is 158 Å². The van der Waals surface area contributed by atoms with Crippen molar-refractivity contribution in [3.05, 3.63) is 71.3 Å². The van der Waals surface area contributed by atoms with Crippen molar-refractivity contribution < 1.29 is 33.3 Å². The van der Waals surface area contributed by atoms with Gasteiger partial charge in [0.2, 0.25) is 0 Å². The third kappa shape index (κ3) is 7.39. The number of esters is 3. The second-order valence-electron chi connectivity index (χ2n) is 20.6. The number of hydrogen-bond acceptors (Lipinski definition) is 7. The fourth-order valence-corrected chi connectivity index (χ4v) is 13.3. The van der Waals surface area contributed by atoms with Crippen LogP contribution < -0.4 is 0 Å². The minimum absolute atomic E-state index is 0.0128. The van der Waals surface area contributed by atoms with Gasteiger partial charge in [0.25, 0.3) is 0 Å². The predicted molar refractivity (Wildman–Crippen MR) is 223 cm³/mol. The number of ether oxygens (including phenoxy) is 4. The van der Waals surface area contributed by atoms with Crippen molar-refractivity contribution in [2.24, 2.45) is 50.2 Å². The average molecular weight is 783 g/mol. The molecule has 0 spiro atoms. The first-order valence-electron chi connectivity index (χ1n) is 22.3. The predicted octanol–water partition coefficient (Wildman–Crippen LogP) is 11.1. The van der Waals surface area contributed by atoms with Crippen LogP contribution in [0.3, 0.4) is 0 Å². The molecule has 6 aliphatic carbocycles. The van der Waals surface area contributed by atoms with Gasteiger partial charge in [0.05, 0.1) is 12.0 Å². The first-order chi connectivity index (χ1) is 27.0. The summed E-state index contributed by atoms with van der Waals surface area (Å²) in [7, 11) is 0. The van der Waals surface area contributed by atoms with Gasteiger partial charge in [-0.05, 0) is 135 Å². The second-order valence-corrected chi connectivity index (χ2v) is 20.6. The van der Waals surface area contributed by atoms with E-state index in [1.54, 1.807) is 6.92 Å². The third-order valence-electron chi connectivity index (χ3n) is 17.0. The molecule has 57 heavy (non-hydrogen) atoms. The zero-order valence-electron chi connectivity index (χ0n) is 36.3. The Morgan fingerprint density at radius 2 is 1.58 bits per heavy atom. The van der Waals surface area contributed by atoms with Gasteiger partial charge in [-0.15, -0.1) is 0 Å². The Morgan fingerprint density at radius 1 is 0.825 bits per heavy atom. The molecule has 0 aromatic heterocycles. The fourth-order valence-electron chi connectivity index (χ4n) is 13.3. The molecule has 312 valence electrons. The number of carbonyl (C=O) groups excluding carboxylic acids is 3. The first-order valence-corrected chi connectivity index (χ1v) is 22.3. The average Bonchev–Trinajstić information content (AvgIpc) is 3.20. The minimum Gasteiger partial charge on any atom is -0.465 e. The molecule has 7 nitrogen and oxygen atoms in total. The molecule has 7 heteroatoms. The summed E-state index contributed by atoms with van der Waals surface area (Å²) in [4.78, 5) is 40.9. The summed E-state index contributed by atoms with van der Waals surface area (Å²) in [6.07, 6.45) is 19.7. The molecule has 10 atom stereocenters. The lowest BCUT2D eigenvalue weighted by Gasteiger charge is -2.71. The summed E-state index contributed by atoms with van der Waals surface area (Å²) in [6.45, 7) is 19.1. The molecule has 6 aliphatic rings. The molecule has 4 fully saturated rings. The van der Waals surface area contributed by atoms with Crippen LogP contribution in [0.5, 0.6) is 0 Å². The zero-order chi connectivity index (χ0) is 40.9. The number of allylic oxidation sites excluding steroid dienone is 4. The largest absolute Gasteiger partial charge is 0.465 e. The maximum atomic E-state index is 14.5. The van der Waals surface area contributed by atoms with Gasteiger partial charge in [0.1, 0.15) is 19.3 Å². The molecule has 2 unspecified atom stereocenters. The molecule has 0 heterocycles. The Kier molecular flexibility index (Phi) is 11.6. The summed E-state index contributed by atoms with van der Waals surface area (Å²) in [5, 5.41) is 0. The van der Waals surface area contributed by atoms with Gasteiger partial charge in [-0.3, -0.25) is 9.59 Å². The van der Waals surface area contributed by atoms with E-state index >= 15 is 0 Å². The summed E-state index contributed by atoms with van der Waals surface area (Å²) >= 11 is 0. The van der Waals surface area contributed by atoms with Gasteiger partial charge in [-0.1, -0.05) is 109 Å². The van der Waals surface area contributed by atoms with Gasteiger partial charge in [-0.25, -0.2) is 4.79 Å². The maximum absolute atomic E-state index is 14.5. The second kappa shape index (κ2) is 15.8. The van der Waals surface area contributed by atoms with E-state index in [9.17, 15) is 14.4 Å². The van der Waals surface area contributed by atoms with Gasteiger partial charge >= 0.3 is 17.9 Å². The van der Waals surface area contributed by atoms with E-state index in [-0.39, 0.29) is 58.0 Å². The van der Waals surface area contributed by atoms with Gasteiger partial charge in [-0.2, -0.15) is 0 Å². The summed E-state index contributed by atoms with van der Waals surface area (Å²) in [5.41, 5.74) is 2.65. The van der Waals surface area contributed by atoms with Crippen LogP contribution >= 0.6 is 0 Å². The lowest BCUT2D eigenvalue weighted by atomic mass is 9.33. The lowest BCUT2D eigenvalue weighted by molar-refractivity contribution is -0.230. The number of rotatable bonds is 11. The topological polar surface area (TPSA) is 88.1 Å². The first kappa shape index (κ1) is 42.0.